The molecule has 1 aliphatic rings. The average molecular weight is 321 g/mol. The van der Waals surface area contributed by atoms with Crippen molar-refractivity contribution in [3.63, 3.8) is 0 Å². The van der Waals surface area contributed by atoms with E-state index in [9.17, 15) is 4.39 Å². The largest absolute Gasteiger partial charge is 0.494 e. The lowest BCUT2D eigenvalue weighted by atomic mass is 10.2. The van der Waals surface area contributed by atoms with Crippen LogP contribution in [0.4, 0.5) is 9.52 Å². The molecule has 0 N–H and O–H groups in total. The number of ether oxygens (including phenoxy) is 1. The summed E-state index contributed by atoms with van der Waals surface area (Å²) in [4.78, 5) is 10.4. The van der Waals surface area contributed by atoms with E-state index in [1.807, 2.05) is 12.3 Å². The quantitative estimate of drug-likeness (QED) is 0.866. The first-order chi connectivity index (χ1) is 10.7. The molecule has 0 atom stereocenters. The topological polar surface area (TPSA) is 28.6 Å². The second kappa shape index (κ2) is 6.62. The maximum absolute atomic E-state index is 13.7. The van der Waals surface area contributed by atoms with Crippen LogP contribution in [0, 0.1) is 12.7 Å². The highest BCUT2D eigenvalue weighted by molar-refractivity contribution is 7.15. The van der Waals surface area contributed by atoms with Gasteiger partial charge in [0.05, 0.1) is 7.11 Å². The molecule has 1 aromatic carbocycles. The minimum atomic E-state index is -0.295. The molecule has 118 valence electrons. The van der Waals surface area contributed by atoms with Crippen LogP contribution in [0.3, 0.4) is 0 Å². The molecule has 0 unspecified atom stereocenters. The summed E-state index contributed by atoms with van der Waals surface area (Å²) in [6, 6.07) is 5.19. The van der Waals surface area contributed by atoms with Gasteiger partial charge in [-0.1, -0.05) is 6.07 Å². The van der Waals surface area contributed by atoms with E-state index in [4.69, 9.17) is 4.74 Å². The number of nitrogens with zero attached hydrogens (tertiary/aromatic N) is 3. The number of rotatable bonds is 4. The summed E-state index contributed by atoms with van der Waals surface area (Å²) < 4.78 is 18.7. The smallest absolute Gasteiger partial charge is 0.185 e. The van der Waals surface area contributed by atoms with Gasteiger partial charge in [0, 0.05) is 43.8 Å². The predicted octanol–water partition coefficient (Wildman–Crippen LogP) is 2.92. The van der Waals surface area contributed by atoms with Crippen LogP contribution in [-0.2, 0) is 6.54 Å². The lowest BCUT2D eigenvalue weighted by Gasteiger charge is -2.34. The molecule has 0 radical (unpaired) electrons. The molecule has 22 heavy (non-hydrogen) atoms. The van der Waals surface area contributed by atoms with Gasteiger partial charge in [-0.2, -0.15) is 0 Å². The fraction of sp³-hybridized carbons (Fsp3) is 0.438. The Balaban J connectivity index is 1.56. The second-order valence-corrected chi connectivity index (χ2v) is 6.70. The van der Waals surface area contributed by atoms with E-state index in [0.29, 0.717) is 5.75 Å². The number of halogens is 1. The Morgan fingerprint density at radius 3 is 2.64 bits per heavy atom. The van der Waals surface area contributed by atoms with Crippen molar-refractivity contribution in [1.29, 1.82) is 0 Å². The molecule has 0 bridgehead atoms. The van der Waals surface area contributed by atoms with Crippen molar-refractivity contribution in [2.24, 2.45) is 0 Å². The lowest BCUT2D eigenvalue weighted by molar-refractivity contribution is 0.249. The maximum Gasteiger partial charge on any atom is 0.185 e. The van der Waals surface area contributed by atoms with Crippen molar-refractivity contribution < 1.29 is 9.13 Å². The number of aromatic nitrogens is 1. The van der Waals surface area contributed by atoms with Crippen LogP contribution < -0.4 is 9.64 Å². The molecule has 0 aliphatic carbocycles. The van der Waals surface area contributed by atoms with Gasteiger partial charge < -0.3 is 9.64 Å². The third-order valence-corrected chi connectivity index (χ3v) is 4.85. The van der Waals surface area contributed by atoms with Crippen LogP contribution in [0.2, 0.25) is 0 Å². The van der Waals surface area contributed by atoms with Crippen LogP contribution in [-0.4, -0.2) is 43.2 Å². The molecule has 3 rings (SSSR count). The van der Waals surface area contributed by atoms with Crippen LogP contribution >= 0.6 is 11.3 Å². The summed E-state index contributed by atoms with van der Waals surface area (Å²) in [7, 11) is 1.48. The van der Waals surface area contributed by atoms with E-state index in [-0.39, 0.29) is 5.82 Å². The molecule has 1 aromatic heterocycles. The number of methoxy groups -OCH3 is 1. The Morgan fingerprint density at radius 2 is 2.05 bits per heavy atom. The zero-order valence-electron chi connectivity index (χ0n) is 12.9. The number of piperazine rings is 1. The van der Waals surface area contributed by atoms with Crippen molar-refractivity contribution in [2.75, 3.05) is 38.2 Å². The highest BCUT2D eigenvalue weighted by Crippen LogP contribution is 2.23. The van der Waals surface area contributed by atoms with Gasteiger partial charge in [-0.25, -0.2) is 9.37 Å². The fourth-order valence-corrected chi connectivity index (χ4v) is 3.46. The van der Waals surface area contributed by atoms with E-state index in [1.54, 1.807) is 23.5 Å². The Morgan fingerprint density at radius 1 is 1.27 bits per heavy atom. The molecular formula is C16H20FN3OS. The second-order valence-electron chi connectivity index (χ2n) is 5.49. The van der Waals surface area contributed by atoms with E-state index in [0.717, 1.165) is 43.4 Å². The number of aryl methyl sites for hydroxylation is 1. The fourth-order valence-electron chi connectivity index (χ4n) is 2.65. The minimum Gasteiger partial charge on any atom is -0.494 e. The van der Waals surface area contributed by atoms with Gasteiger partial charge in [0.25, 0.3) is 0 Å². The number of thiazole rings is 1. The molecule has 2 heterocycles. The molecule has 4 nitrogen and oxygen atoms in total. The maximum atomic E-state index is 13.7. The van der Waals surface area contributed by atoms with Gasteiger partial charge in [0.15, 0.2) is 16.7 Å². The first-order valence-electron chi connectivity index (χ1n) is 7.38. The molecule has 6 heteroatoms. The van der Waals surface area contributed by atoms with Crippen molar-refractivity contribution in [1.82, 2.24) is 9.88 Å². The van der Waals surface area contributed by atoms with E-state index in [1.165, 1.54) is 12.0 Å². The molecule has 2 aromatic rings. The van der Waals surface area contributed by atoms with Crippen LogP contribution in [0.5, 0.6) is 5.75 Å². The van der Waals surface area contributed by atoms with E-state index >= 15 is 0 Å². The summed E-state index contributed by atoms with van der Waals surface area (Å²) in [5.74, 6) is 0.00426. The Kier molecular flexibility index (Phi) is 4.59. The zero-order valence-corrected chi connectivity index (χ0v) is 13.7. The predicted molar refractivity (Wildman–Crippen MR) is 87.3 cm³/mol. The molecule has 0 amide bonds. The molecule has 1 saturated heterocycles. The zero-order chi connectivity index (χ0) is 15.5. The summed E-state index contributed by atoms with van der Waals surface area (Å²) >= 11 is 1.74. The number of anilines is 1. The average Bonchev–Trinajstić information content (AvgIpc) is 2.95. The summed E-state index contributed by atoms with van der Waals surface area (Å²) in [6.45, 7) is 6.71. The first kappa shape index (κ1) is 15.2. The summed E-state index contributed by atoms with van der Waals surface area (Å²) in [5, 5.41) is 1.10. The monoisotopic (exact) mass is 321 g/mol. The van der Waals surface area contributed by atoms with Crippen molar-refractivity contribution in [3.8, 4) is 5.75 Å². The van der Waals surface area contributed by atoms with Crippen LogP contribution in [0.1, 0.15) is 10.4 Å². The third-order valence-electron chi connectivity index (χ3n) is 3.87. The Bertz CT molecular complexity index is 638. The highest BCUT2D eigenvalue weighted by atomic mass is 32.1. The van der Waals surface area contributed by atoms with Gasteiger partial charge in [-0.15, -0.1) is 11.3 Å². The van der Waals surface area contributed by atoms with Crippen molar-refractivity contribution in [2.45, 2.75) is 13.5 Å². The van der Waals surface area contributed by atoms with Gasteiger partial charge >= 0.3 is 0 Å². The lowest BCUT2D eigenvalue weighted by Crippen LogP contribution is -2.45. The van der Waals surface area contributed by atoms with E-state index < -0.39 is 0 Å². The standard InChI is InChI=1S/C16H20FN3OS/c1-12-10-18-16(22-12)20-7-5-19(6-8-20)11-13-3-4-15(21-2)14(17)9-13/h3-4,9-10H,5-8,11H2,1-2H3. The normalized spacial score (nSPS) is 16.0. The molecular weight excluding hydrogens is 301 g/mol. The summed E-state index contributed by atoms with van der Waals surface area (Å²) in [5.41, 5.74) is 0.983. The Labute approximate surface area is 134 Å². The van der Waals surface area contributed by atoms with Gasteiger partial charge in [0.2, 0.25) is 0 Å². The SMILES string of the molecule is COc1ccc(CN2CCN(c3ncc(C)s3)CC2)cc1F. The number of benzene rings is 1. The third kappa shape index (κ3) is 3.39. The molecule has 1 fully saturated rings. The molecule has 0 saturated carbocycles. The van der Waals surface area contributed by atoms with E-state index in [2.05, 4.69) is 21.7 Å². The molecule has 1 aliphatic heterocycles. The van der Waals surface area contributed by atoms with Gasteiger partial charge in [-0.3, -0.25) is 4.90 Å². The number of hydrogen-bond donors (Lipinski definition) is 0. The van der Waals surface area contributed by atoms with Crippen molar-refractivity contribution in [3.05, 3.63) is 40.7 Å². The first-order valence-corrected chi connectivity index (χ1v) is 8.19. The minimum absolute atomic E-state index is 0.295. The van der Waals surface area contributed by atoms with Crippen molar-refractivity contribution >= 4 is 16.5 Å². The highest BCUT2D eigenvalue weighted by Gasteiger charge is 2.19. The van der Waals surface area contributed by atoms with Gasteiger partial charge in [-0.05, 0) is 24.6 Å². The summed E-state index contributed by atoms with van der Waals surface area (Å²) in [6.07, 6.45) is 1.92. The Hall–Kier alpha value is -1.66. The number of hydrogen-bond acceptors (Lipinski definition) is 5. The molecule has 0 spiro atoms. The van der Waals surface area contributed by atoms with Crippen LogP contribution in [0.25, 0.3) is 0 Å². The van der Waals surface area contributed by atoms with Gasteiger partial charge in [0.1, 0.15) is 0 Å². The van der Waals surface area contributed by atoms with Crippen LogP contribution in [0.15, 0.2) is 24.4 Å².